The van der Waals surface area contributed by atoms with Gasteiger partial charge in [-0.25, -0.2) is 4.98 Å². The van der Waals surface area contributed by atoms with Gasteiger partial charge in [0.25, 0.3) is 0 Å². The summed E-state index contributed by atoms with van der Waals surface area (Å²) >= 11 is 3.00. The van der Waals surface area contributed by atoms with Crippen molar-refractivity contribution in [3.05, 3.63) is 47.5 Å². The lowest BCUT2D eigenvalue weighted by Crippen LogP contribution is -2.34. The van der Waals surface area contributed by atoms with Gasteiger partial charge in [0.2, 0.25) is 5.91 Å². The van der Waals surface area contributed by atoms with Crippen molar-refractivity contribution in [1.29, 1.82) is 5.26 Å². The van der Waals surface area contributed by atoms with E-state index in [1.165, 1.54) is 11.8 Å². The first-order valence-electron chi connectivity index (χ1n) is 7.28. The molecule has 120 valence electrons. The molecule has 0 unspecified atom stereocenters. The van der Waals surface area contributed by atoms with Crippen molar-refractivity contribution in [2.75, 3.05) is 0 Å². The number of rotatable bonds is 4. The number of thioether (sulfide) groups is 1. The SMILES string of the molecule is CC(C)(Sc1ccc2ncsc2c1-c1ccc(C#N)cc1)C(N)=O. The molecule has 0 aliphatic heterocycles. The quantitative estimate of drug-likeness (QED) is 0.713. The average Bonchev–Trinajstić information content (AvgIpc) is 3.03. The maximum absolute atomic E-state index is 11.7. The largest absolute Gasteiger partial charge is 0.368 e. The zero-order valence-electron chi connectivity index (χ0n) is 13.2. The Labute approximate surface area is 148 Å². The third-order valence-corrected chi connectivity index (χ3v) is 5.85. The molecule has 3 rings (SSSR count). The van der Waals surface area contributed by atoms with E-state index < -0.39 is 4.75 Å². The van der Waals surface area contributed by atoms with Crippen LogP contribution in [0.25, 0.3) is 21.3 Å². The smallest absolute Gasteiger partial charge is 0.233 e. The van der Waals surface area contributed by atoms with E-state index in [-0.39, 0.29) is 5.91 Å². The van der Waals surface area contributed by atoms with Crippen LogP contribution in [0.3, 0.4) is 0 Å². The summed E-state index contributed by atoms with van der Waals surface area (Å²) < 4.78 is 0.338. The van der Waals surface area contributed by atoms with Crippen LogP contribution in [0.4, 0.5) is 0 Å². The molecular formula is C18H15N3OS2. The first kappa shape index (κ1) is 16.5. The van der Waals surface area contributed by atoms with Gasteiger partial charge in [-0.1, -0.05) is 12.1 Å². The van der Waals surface area contributed by atoms with E-state index in [1.807, 2.05) is 43.6 Å². The minimum atomic E-state index is -0.723. The van der Waals surface area contributed by atoms with Gasteiger partial charge >= 0.3 is 0 Å². The van der Waals surface area contributed by atoms with Crippen molar-refractivity contribution in [3.63, 3.8) is 0 Å². The number of thiazole rings is 1. The predicted octanol–water partition coefficient (Wildman–Crippen LogP) is 4.19. The summed E-state index contributed by atoms with van der Waals surface area (Å²) in [5.74, 6) is -0.359. The fourth-order valence-corrected chi connectivity index (χ4v) is 4.34. The molecule has 1 amide bonds. The Kier molecular flexibility index (Phi) is 4.31. The number of hydrogen-bond donors (Lipinski definition) is 1. The van der Waals surface area contributed by atoms with E-state index in [9.17, 15) is 4.79 Å². The van der Waals surface area contributed by atoms with Crippen LogP contribution in [0.2, 0.25) is 0 Å². The van der Waals surface area contributed by atoms with Gasteiger partial charge in [0.05, 0.1) is 32.1 Å². The molecule has 0 radical (unpaired) electrons. The van der Waals surface area contributed by atoms with Gasteiger partial charge in [0, 0.05) is 10.5 Å². The summed E-state index contributed by atoms with van der Waals surface area (Å²) in [4.78, 5) is 17.1. The number of nitriles is 1. The molecule has 0 spiro atoms. The van der Waals surface area contributed by atoms with Crippen LogP contribution in [0, 0.1) is 11.3 Å². The number of hydrogen-bond acceptors (Lipinski definition) is 5. The Hall–Kier alpha value is -2.36. The number of carbonyl (C=O) groups is 1. The number of amides is 1. The maximum Gasteiger partial charge on any atom is 0.233 e. The summed E-state index contributed by atoms with van der Waals surface area (Å²) in [6.45, 7) is 3.64. The molecule has 0 saturated carbocycles. The molecule has 0 saturated heterocycles. The molecule has 3 aromatic rings. The number of benzene rings is 2. The van der Waals surface area contributed by atoms with Crippen LogP contribution in [-0.2, 0) is 4.79 Å². The van der Waals surface area contributed by atoms with Gasteiger partial charge in [-0.2, -0.15) is 5.26 Å². The van der Waals surface area contributed by atoms with Crippen LogP contribution in [0.15, 0.2) is 46.8 Å². The van der Waals surface area contributed by atoms with E-state index in [1.54, 1.807) is 23.5 Å². The van der Waals surface area contributed by atoms with Crippen molar-refractivity contribution in [1.82, 2.24) is 4.98 Å². The van der Waals surface area contributed by atoms with E-state index in [2.05, 4.69) is 11.1 Å². The summed E-state index contributed by atoms with van der Waals surface area (Å²) in [6, 6.07) is 13.5. The molecular weight excluding hydrogens is 338 g/mol. The number of fused-ring (bicyclic) bond motifs is 1. The van der Waals surface area contributed by atoms with Crippen LogP contribution in [0.1, 0.15) is 19.4 Å². The minimum Gasteiger partial charge on any atom is -0.368 e. The third-order valence-electron chi connectivity index (χ3n) is 3.72. The molecule has 1 heterocycles. The van der Waals surface area contributed by atoms with Crippen LogP contribution in [0.5, 0.6) is 0 Å². The van der Waals surface area contributed by atoms with Gasteiger partial charge in [0.15, 0.2) is 0 Å². The first-order valence-corrected chi connectivity index (χ1v) is 8.97. The number of nitrogens with two attached hydrogens (primary N) is 1. The van der Waals surface area contributed by atoms with Gasteiger partial charge < -0.3 is 5.73 Å². The Morgan fingerprint density at radius 3 is 2.58 bits per heavy atom. The van der Waals surface area contributed by atoms with Crippen LogP contribution >= 0.6 is 23.1 Å². The van der Waals surface area contributed by atoms with Crippen molar-refractivity contribution in [3.8, 4) is 17.2 Å². The molecule has 4 nitrogen and oxygen atoms in total. The second kappa shape index (κ2) is 6.27. The average molecular weight is 353 g/mol. The van der Waals surface area contributed by atoms with E-state index in [0.29, 0.717) is 5.56 Å². The van der Waals surface area contributed by atoms with Crippen molar-refractivity contribution in [2.24, 2.45) is 5.73 Å². The second-order valence-electron chi connectivity index (χ2n) is 5.81. The van der Waals surface area contributed by atoms with Crippen molar-refractivity contribution in [2.45, 2.75) is 23.5 Å². The number of aromatic nitrogens is 1. The number of primary amides is 1. The predicted molar refractivity (Wildman–Crippen MR) is 98.9 cm³/mol. The highest BCUT2D eigenvalue weighted by molar-refractivity contribution is 8.01. The lowest BCUT2D eigenvalue weighted by Gasteiger charge is -2.22. The molecule has 6 heteroatoms. The van der Waals surface area contributed by atoms with Crippen molar-refractivity contribution < 1.29 is 4.79 Å². The summed E-state index contributed by atoms with van der Waals surface area (Å²) in [6.07, 6.45) is 0. The fraction of sp³-hybridized carbons (Fsp3) is 0.167. The normalized spacial score (nSPS) is 11.4. The Morgan fingerprint density at radius 1 is 1.25 bits per heavy atom. The highest BCUT2D eigenvalue weighted by Gasteiger charge is 2.28. The van der Waals surface area contributed by atoms with E-state index in [4.69, 9.17) is 11.0 Å². The molecule has 1 aromatic heterocycles. The van der Waals surface area contributed by atoms with Gasteiger partial charge in [-0.15, -0.1) is 23.1 Å². The summed E-state index contributed by atoms with van der Waals surface area (Å²) in [7, 11) is 0. The minimum absolute atomic E-state index is 0.359. The van der Waals surface area contributed by atoms with E-state index >= 15 is 0 Å². The van der Waals surface area contributed by atoms with Gasteiger partial charge in [0.1, 0.15) is 0 Å². The summed E-state index contributed by atoms with van der Waals surface area (Å²) in [5.41, 5.74) is 10.9. The highest BCUT2D eigenvalue weighted by atomic mass is 32.2. The molecule has 0 aliphatic carbocycles. The molecule has 2 N–H and O–H groups in total. The Balaban J connectivity index is 2.19. The molecule has 24 heavy (non-hydrogen) atoms. The fourth-order valence-electron chi connectivity index (χ4n) is 2.31. The monoisotopic (exact) mass is 353 g/mol. The maximum atomic E-state index is 11.7. The molecule has 0 fully saturated rings. The van der Waals surface area contributed by atoms with Gasteiger partial charge in [-0.05, 0) is 43.7 Å². The Morgan fingerprint density at radius 2 is 1.96 bits per heavy atom. The van der Waals surface area contributed by atoms with Crippen LogP contribution < -0.4 is 5.73 Å². The first-order chi connectivity index (χ1) is 11.4. The zero-order valence-corrected chi connectivity index (χ0v) is 14.9. The van der Waals surface area contributed by atoms with Crippen molar-refractivity contribution >= 4 is 39.2 Å². The lowest BCUT2D eigenvalue weighted by molar-refractivity contribution is -0.119. The zero-order chi connectivity index (χ0) is 17.3. The Bertz CT molecular complexity index is 953. The van der Waals surface area contributed by atoms with Crippen LogP contribution in [-0.4, -0.2) is 15.6 Å². The third kappa shape index (κ3) is 3.01. The molecule has 0 aliphatic rings. The van der Waals surface area contributed by atoms with E-state index in [0.717, 1.165) is 26.2 Å². The topological polar surface area (TPSA) is 79.8 Å². The number of carbonyl (C=O) groups excluding carboxylic acids is 1. The lowest BCUT2D eigenvalue weighted by atomic mass is 10.0. The summed E-state index contributed by atoms with van der Waals surface area (Å²) in [5, 5.41) is 8.99. The molecule has 0 atom stereocenters. The highest BCUT2D eigenvalue weighted by Crippen LogP contribution is 2.43. The molecule has 2 aromatic carbocycles. The molecule has 0 bridgehead atoms. The standard InChI is InChI=1S/C18H15N3OS2/c1-18(2,17(20)22)24-14-8-7-13-16(23-10-21-13)15(14)12-5-3-11(9-19)4-6-12/h3-8,10H,1-2H3,(H2,20,22). The second-order valence-corrected chi connectivity index (χ2v) is 8.32. The van der Waals surface area contributed by atoms with Gasteiger partial charge in [-0.3, -0.25) is 4.79 Å². The number of nitrogens with zero attached hydrogens (tertiary/aromatic N) is 2.